The Bertz CT molecular complexity index is 1100. The monoisotopic (exact) mass is 488 g/mol. The zero-order valence-electron chi connectivity index (χ0n) is 19.6. The highest BCUT2D eigenvalue weighted by Crippen LogP contribution is 2.44. The maximum Gasteiger partial charge on any atom is 0.341 e. The predicted octanol–water partition coefficient (Wildman–Crippen LogP) is 4.78. The molecule has 1 heterocycles. The number of ether oxygens (including phenoxy) is 2. The molecular formula is C24H28N2O7S. The number of nitrogens with one attached hydrogen (secondary N) is 1. The molecule has 9 nitrogen and oxygen atoms in total. The van der Waals surface area contributed by atoms with Gasteiger partial charge in [0.25, 0.3) is 11.6 Å². The van der Waals surface area contributed by atoms with Gasteiger partial charge in [-0.3, -0.25) is 14.9 Å². The van der Waals surface area contributed by atoms with Gasteiger partial charge in [0, 0.05) is 17.0 Å². The van der Waals surface area contributed by atoms with Crippen LogP contribution in [0.2, 0.25) is 0 Å². The first-order valence-corrected chi connectivity index (χ1v) is 11.9. The van der Waals surface area contributed by atoms with Crippen molar-refractivity contribution in [2.75, 3.05) is 18.5 Å². The lowest BCUT2D eigenvalue weighted by Gasteiger charge is -2.33. The number of hydrogen-bond donors (Lipinski definition) is 1. The lowest BCUT2D eigenvalue weighted by molar-refractivity contribution is -0.384. The van der Waals surface area contributed by atoms with Crippen molar-refractivity contribution in [1.82, 2.24) is 0 Å². The van der Waals surface area contributed by atoms with Crippen LogP contribution in [0.4, 0.5) is 10.7 Å². The normalized spacial score (nSPS) is 15.2. The van der Waals surface area contributed by atoms with Gasteiger partial charge in [0.15, 0.2) is 6.61 Å². The van der Waals surface area contributed by atoms with Crippen molar-refractivity contribution in [3.8, 4) is 0 Å². The quantitative estimate of drug-likeness (QED) is 0.338. The van der Waals surface area contributed by atoms with Crippen LogP contribution in [-0.4, -0.2) is 36.0 Å². The van der Waals surface area contributed by atoms with Gasteiger partial charge in [-0.15, -0.1) is 11.3 Å². The van der Waals surface area contributed by atoms with Crippen LogP contribution in [0.5, 0.6) is 0 Å². The Balaban J connectivity index is 1.72. The van der Waals surface area contributed by atoms with E-state index in [-0.39, 0.29) is 23.3 Å². The van der Waals surface area contributed by atoms with Crippen molar-refractivity contribution in [1.29, 1.82) is 0 Å². The molecule has 34 heavy (non-hydrogen) atoms. The molecule has 10 heteroatoms. The predicted molar refractivity (Wildman–Crippen MR) is 127 cm³/mol. The zero-order chi connectivity index (χ0) is 25.0. The van der Waals surface area contributed by atoms with E-state index in [1.807, 2.05) is 0 Å². The number of carbonyl (C=O) groups excluding carboxylic acids is 3. The molecule has 0 unspecified atom stereocenters. The first-order valence-electron chi connectivity index (χ1n) is 11.0. The Kier molecular flexibility index (Phi) is 7.71. The summed E-state index contributed by atoms with van der Waals surface area (Å²) in [6.07, 6.45) is 2.49. The first-order chi connectivity index (χ1) is 16.0. The topological polar surface area (TPSA) is 125 Å². The molecule has 0 fully saturated rings. The maximum absolute atomic E-state index is 12.7. The second kappa shape index (κ2) is 10.3. The minimum absolute atomic E-state index is 0.0884. The van der Waals surface area contributed by atoms with E-state index < -0.39 is 29.4 Å². The molecule has 1 atom stereocenters. The molecule has 1 amide bonds. The van der Waals surface area contributed by atoms with E-state index in [0.717, 1.165) is 29.7 Å². The minimum atomic E-state index is -0.783. The number of rotatable bonds is 7. The largest absolute Gasteiger partial charge is 0.462 e. The molecule has 0 radical (unpaired) electrons. The van der Waals surface area contributed by atoms with Crippen LogP contribution < -0.4 is 5.32 Å². The van der Waals surface area contributed by atoms with E-state index in [1.165, 1.54) is 35.6 Å². The number of amides is 1. The third-order valence-electron chi connectivity index (χ3n) is 5.87. The van der Waals surface area contributed by atoms with Crippen LogP contribution in [0, 0.1) is 21.4 Å². The van der Waals surface area contributed by atoms with Gasteiger partial charge in [-0.05, 0) is 55.2 Å². The molecule has 3 rings (SSSR count). The van der Waals surface area contributed by atoms with Crippen LogP contribution in [0.25, 0.3) is 0 Å². The van der Waals surface area contributed by atoms with Crippen LogP contribution in [-0.2, 0) is 27.1 Å². The lowest BCUT2D eigenvalue weighted by Crippen LogP contribution is -2.26. The van der Waals surface area contributed by atoms with E-state index in [2.05, 4.69) is 26.1 Å². The highest BCUT2D eigenvalue weighted by molar-refractivity contribution is 7.17. The summed E-state index contributed by atoms with van der Waals surface area (Å²) >= 11 is 1.36. The molecular weight excluding hydrogens is 460 g/mol. The van der Waals surface area contributed by atoms with Gasteiger partial charge in [0.05, 0.1) is 22.7 Å². The third kappa shape index (κ3) is 5.80. The molecule has 0 saturated carbocycles. The Labute approximate surface area is 201 Å². The van der Waals surface area contributed by atoms with Crippen molar-refractivity contribution in [3.63, 3.8) is 0 Å². The molecule has 2 aromatic rings. The maximum atomic E-state index is 12.7. The molecule has 1 aliphatic carbocycles. The highest BCUT2D eigenvalue weighted by Gasteiger charge is 2.34. The van der Waals surface area contributed by atoms with Crippen molar-refractivity contribution in [2.45, 2.75) is 47.0 Å². The second-order valence-corrected chi connectivity index (χ2v) is 10.3. The van der Waals surface area contributed by atoms with E-state index in [0.29, 0.717) is 16.5 Å². The number of benzene rings is 1. The molecule has 1 aromatic heterocycles. The van der Waals surface area contributed by atoms with E-state index >= 15 is 0 Å². The van der Waals surface area contributed by atoms with Crippen molar-refractivity contribution < 1.29 is 28.8 Å². The van der Waals surface area contributed by atoms with E-state index in [9.17, 15) is 24.5 Å². The fourth-order valence-corrected chi connectivity index (χ4v) is 5.26. The van der Waals surface area contributed by atoms with E-state index in [4.69, 9.17) is 9.47 Å². The Morgan fingerprint density at radius 3 is 2.41 bits per heavy atom. The van der Waals surface area contributed by atoms with Gasteiger partial charge in [0.1, 0.15) is 5.00 Å². The van der Waals surface area contributed by atoms with Crippen molar-refractivity contribution >= 4 is 39.9 Å². The summed E-state index contributed by atoms with van der Waals surface area (Å²) in [5.74, 6) is -1.40. The summed E-state index contributed by atoms with van der Waals surface area (Å²) < 4.78 is 10.3. The SMILES string of the molecule is CCOC(=O)c1c(NC(=O)COC(=O)c2ccc([N+](=O)[O-])cc2)sc2c1CC[C@@H](C(C)(C)C)C2. The summed E-state index contributed by atoms with van der Waals surface area (Å²) in [6, 6.07) is 4.89. The average molecular weight is 489 g/mol. The smallest absolute Gasteiger partial charge is 0.341 e. The van der Waals surface area contributed by atoms with Crippen LogP contribution in [0.1, 0.15) is 65.3 Å². The van der Waals surface area contributed by atoms with Gasteiger partial charge in [-0.1, -0.05) is 20.8 Å². The molecule has 0 saturated heterocycles. The molecule has 182 valence electrons. The Hall–Kier alpha value is -3.27. The van der Waals surface area contributed by atoms with E-state index in [1.54, 1.807) is 6.92 Å². The van der Waals surface area contributed by atoms with Gasteiger partial charge >= 0.3 is 11.9 Å². The summed E-state index contributed by atoms with van der Waals surface area (Å²) in [5.41, 5.74) is 1.36. The number of thiophene rings is 1. The van der Waals surface area contributed by atoms with Crippen molar-refractivity contribution in [3.05, 3.63) is 55.9 Å². The third-order valence-corrected chi connectivity index (χ3v) is 7.04. The number of nitro benzene ring substituents is 1. The second-order valence-electron chi connectivity index (χ2n) is 9.16. The van der Waals surface area contributed by atoms with Crippen molar-refractivity contribution in [2.24, 2.45) is 11.3 Å². The molecule has 0 bridgehead atoms. The van der Waals surface area contributed by atoms with Gasteiger partial charge in [0.2, 0.25) is 0 Å². The van der Waals surface area contributed by atoms with Crippen LogP contribution in [0.15, 0.2) is 24.3 Å². The number of anilines is 1. The number of nitrogens with zero attached hydrogens (tertiary/aromatic N) is 1. The molecule has 0 aliphatic heterocycles. The Morgan fingerprint density at radius 1 is 1.15 bits per heavy atom. The summed E-state index contributed by atoms with van der Waals surface area (Å²) in [4.78, 5) is 48.6. The zero-order valence-corrected chi connectivity index (χ0v) is 20.5. The average Bonchev–Trinajstić information content (AvgIpc) is 3.14. The number of fused-ring (bicyclic) bond motifs is 1. The van der Waals surface area contributed by atoms with Gasteiger partial charge < -0.3 is 14.8 Å². The summed E-state index contributed by atoms with van der Waals surface area (Å²) in [6.45, 7) is 7.97. The summed E-state index contributed by atoms with van der Waals surface area (Å²) in [5, 5.41) is 13.8. The standard InChI is InChI=1S/C24H28N2O7S/c1-5-32-23(29)20-17-11-8-15(24(2,3)4)12-18(17)34-21(20)25-19(27)13-33-22(28)14-6-9-16(10-7-14)26(30)31/h6-7,9-10,15H,5,8,11-13H2,1-4H3,(H,25,27)/t15-/m1/s1. The highest BCUT2D eigenvalue weighted by atomic mass is 32.1. The number of hydrogen-bond acceptors (Lipinski definition) is 8. The molecule has 1 aromatic carbocycles. The minimum Gasteiger partial charge on any atom is -0.462 e. The number of nitro groups is 1. The number of non-ortho nitro benzene ring substituents is 1. The molecule has 1 N–H and O–H groups in total. The fraction of sp³-hybridized carbons (Fsp3) is 0.458. The number of carbonyl (C=O) groups is 3. The van der Waals surface area contributed by atoms with Gasteiger partial charge in [-0.2, -0.15) is 0 Å². The van der Waals surface area contributed by atoms with Gasteiger partial charge in [-0.25, -0.2) is 9.59 Å². The summed E-state index contributed by atoms with van der Waals surface area (Å²) in [7, 11) is 0. The molecule has 1 aliphatic rings. The fourth-order valence-electron chi connectivity index (χ4n) is 3.93. The number of esters is 2. The molecule has 0 spiro atoms. The Morgan fingerprint density at radius 2 is 1.82 bits per heavy atom. The van der Waals surface area contributed by atoms with Crippen LogP contribution >= 0.6 is 11.3 Å². The lowest BCUT2D eigenvalue weighted by atomic mass is 9.72. The van der Waals surface area contributed by atoms with Crippen LogP contribution in [0.3, 0.4) is 0 Å². The first kappa shape index (κ1) is 25.4.